The molecule has 0 saturated heterocycles. The standard InChI is InChI=1S/C8H11NO.C5H11N.C3H2O2/c1-2-8(10)9-7-5-3-4-6-7;6-5-3-1-2-4-5;1-2-3(4)5/h1,7H,3-6H2,(H,9,10);5H,1-4,6H2;1H,(H,4,5). The summed E-state index contributed by atoms with van der Waals surface area (Å²) < 4.78 is 0. The third-order valence-electron chi connectivity index (χ3n) is 3.34. The van der Waals surface area contributed by atoms with E-state index in [2.05, 4.69) is 11.7 Å². The first-order valence-corrected chi connectivity index (χ1v) is 7.21. The van der Waals surface area contributed by atoms with Crippen LogP contribution in [0, 0.1) is 24.7 Å². The van der Waals surface area contributed by atoms with Crippen LogP contribution in [0.4, 0.5) is 0 Å². The van der Waals surface area contributed by atoms with Crippen LogP contribution < -0.4 is 11.1 Å². The SMILES string of the molecule is C#CC(=O)NC1CCCC1.C#CC(=O)O.NC1CCCC1. The third-order valence-corrected chi connectivity index (χ3v) is 3.34. The highest BCUT2D eigenvalue weighted by molar-refractivity contribution is 5.93. The molecule has 21 heavy (non-hydrogen) atoms. The van der Waals surface area contributed by atoms with Crippen molar-refractivity contribution in [3.63, 3.8) is 0 Å². The van der Waals surface area contributed by atoms with Crippen LogP contribution in [0.15, 0.2) is 0 Å². The van der Waals surface area contributed by atoms with E-state index in [1.807, 2.05) is 5.92 Å². The summed E-state index contributed by atoms with van der Waals surface area (Å²) in [6.07, 6.45) is 19.1. The van der Waals surface area contributed by atoms with Gasteiger partial charge in [0.05, 0.1) is 0 Å². The number of carbonyl (C=O) groups excluding carboxylic acids is 1. The van der Waals surface area contributed by atoms with Gasteiger partial charge >= 0.3 is 5.97 Å². The first-order valence-electron chi connectivity index (χ1n) is 7.21. The van der Waals surface area contributed by atoms with Gasteiger partial charge in [0.1, 0.15) is 0 Å². The summed E-state index contributed by atoms with van der Waals surface area (Å²) in [5.41, 5.74) is 5.53. The Morgan fingerprint density at radius 2 is 1.43 bits per heavy atom. The van der Waals surface area contributed by atoms with Gasteiger partial charge in [-0.05, 0) is 31.6 Å². The molecule has 2 fully saturated rings. The number of carboxylic acid groups (broad SMARTS) is 1. The van der Waals surface area contributed by atoms with Crippen LogP contribution in [0.2, 0.25) is 0 Å². The summed E-state index contributed by atoms with van der Waals surface area (Å²) in [4.78, 5) is 19.8. The highest BCUT2D eigenvalue weighted by atomic mass is 16.4. The number of nitrogens with one attached hydrogen (secondary N) is 1. The molecule has 2 saturated carbocycles. The van der Waals surface area contributed by atoms with Gasteiger partial charge in [-0.2, -0.15) is 0 Å². The van der Waals surface area contributed by atoms with E-state index in [0.29, 0.717) is 12.1 Å². The largest absolute Gasteiger partial charge is 0.472 e. The molecule has 0 bridgehead atoms. The fourth-order valence-corrected chi connectivity index (χ4v) is 2.25. The van der Waals surface area contributed by atoms with E-state index in [4.69, 9.17) is 22.1 Å². The zero-order valence-corrected chi connectivity index (χ0v) is 12.3. The van der Waals surface area contributed by atoms with Gasteiger partial charge < -0.3 is 16.2 Å². The van der Waals surface area contributed by atoms with Crippen molar-refractivity contribution in [3.05, 3.63) is 0 Å². The maximum Gasteiger partial charge on any atom is 0.381 e. The third kappa shape index (κ3) is 11.5. The lowest BCUT2D eigenvalue weighted by atomic mass is 10.2. The number of hydrogen-bond acceptors (Lipinski definition) is 3. The molecule has 2 aliphatic rings. The Labute approximate surface area is 126 Å². The number of carbonyl (C=O) groups is 2. The van der Waals surface area contributed by atoms with Crippen molar-refractivity contribution in [1.82, 2.24) is 5.32 Å². The van der Waals surface area contributed by atoms with Crippen LogP contribution in [0.5, 0.6) is 0 Å². The lowest BCUT2D eigenvalue weighted by molar-refractivity contribution is -0.130. The van der Waals surface area contributed by atoms with Crippen molar-refractivity contribution in [2.75, 3.05) is 0 Å². The van der Waals surface area contributed by atoms with Crippen LogP contribution >= 0.6 is 0 Å². The molecule has 0 atom stereocenters. The maximum absolute atomic E-state index is 10.6. The molecule has 2 aliphatic carbocycles. The zero-order chi connectivity index (χ0) is 16.1. The van der Waals surface area contributed by atoms with Gasteiger partial charge in [-0.25, -0.2) is 4.79 Å². The number of aliphatic carboxylic acids is 1. The predicted octanol–water partition coefficient (Wildman–Crippen LogP) is 1.27. The zero-order valence-electron chi connectivity index (χ0n) is 12.3. The molecule has 0 spiro atoms. The van der Waals surface area contributed by atoms with Crippen molar-refractivity contribution in [3.8, 4) is 24.7 Å². The fourth-order valence-electron chi connectivity index (χ4n) is 2.25. The number of carboxylic acids is 1. The Morgan fingerprint density at radius 1 is 1.00 bits per heavy atom. The minimum Gasteiger partial charge on any atom is -0.472 e. The van der Waals surface area contributed by atoms with Crippen molar-refractivity contribution in [1.29, 1.82) is 0 Å². The monoisotopic (exact) mass is 292 g/mol. The second kappa shape index (κ2) is 11.8. The summed E-state index contributed by atoms with van der Waals surface area (Å²) in [6.45, 7) is 0. The number of terminal acetylenes is 2. The first-order chi connectivity index (χ1) is 9.99. The van der Waals surface area contributed by atoms with Crippen LogP contribution in [0.3, 0.4) is 0 Å². The fraction of sp³-hybridized carbons (Fsp3) is 0.625. The van der Waals surface area contributed by atoms with E-state index in [0.717, 1.165) is 12.8 Å². The smallest absolute Gasteiger partial charge is 0.381 e. The van der Waals surface area contributed by atoms with Gasteiger partial charge in [-0.3, -0.25) is 4.79 Å². The Hall–Kier alpha value is -1.98. The summed E-state index contributed by atoms with van der Waals surface area (Å²) in [5.74, 6) is 2.00. The maximum atomic E-state index is 10.6. The molecule has 2 rings (SSSR count). The Morgan fingerprint density at radius 3 is 1.71 bits per heavy atom. The molecule has 116 valence electrons. The second-order valence-electron chi connectivity index (χ2n) is 5.09. The average Bonchev–Trinajstić information content (AvgIpc) is 3.13. The second-order valence-corrected chi connectivity index (χ2v) is 5.09. The highest BCUT2D eigenvalue weighted by Crippen LogP contribution is 2.17. The van der Waals surface area contributed by atoms with Crippen LogP contribution in [-0.4, -0.2) is 29.1 Å². The van der Waals surface area contributed by atoms with Crippen LogP contribution in [-0.2, 0) is 9.59 Å². The first kappa shape index (κ1) is 19.0. The van der Waals surface area contributed by atoms with Gasteiger partial charge in [0.2, 0.25) is 0 Å². The van der Waals surface area contributed by atoms with Crippen LogP contribution in [0.25, 0.3) is 0 Å². The molecule has 4 N–H and O–H groups in total. The van der Waals surface area contributed by atoms with E-state index >= 15 is 0 Å². The number of amides is 1. The summed E-state index contributed by atoms with van der Waals surface area (Å²) >= 11 is 0. The number of hydrogen-bond donors (Lipinski definition) is 3. The van der Waals surface area contributed by atoms with E-state index in [-0.39, 0.29) is 5.91 Å². The molecular formula is C16H24N2O3. The van der Waals surface area contributed by atoms with Gasteiger partial charge in [0, 0.05) is 18.0 Å². The van der Waals surface area contributed by atoms with Crippen molar-refractivity contribution >= 4 is 11.9 Å². The Kier molecular flexibility index (Phi) is 10.7. The molecule has 0 aromatic rings. The number of nitrogens with two attached hydrogens (primary N) is 1. The van der Waals surface area contributed by atoms with E-state index in [1.165, 1.54) is 44.4 Å². The lowest BCUT2D eigenvalue weighted by Crippen LogP contribution is -2.31. The summed E-state index contributed by atoms with van der Waals surface area (Å²) in [7, 11) is 0. The van der Waals surface area contributed by atoms with E-state index < -0.39 is 5.97 Å². The molecule has 0 unspecified atom stereocenters. The normalized spacial score (nSPS) is 17.3. The molecule has 0 aromatic heterocycles. The van der Waals surface area contributed by atoms with Gasteiger partial charge in [-0.1, -0.05) is 25.7 Å². The van der Waals surface area contributed by atoms with Crippen molar-refractivity contribution in [2.45, 2.75) is 63.5 Å². The highest BCUT2D eigenvalue weighted by Gasteiger charge is 2.15. The van der Waals surface area contributed by atoms with E-state index in [1.54, 1.807) is 0 Å². The molecule has 5 nitrogen and oxygen atoms in total. The van der Waals surface area contributed by atoms with E-state index in [9.17, 15) is 4.79 Å². The minimum absolute atomic E-state index is 0.271. The Bertz CT molecular complexity index is 395. The molecule has 0 aliphatic heterocycles. The Balaban J connectivity index is 0.000000312. The minimum atomic E-state index is -1.22. The quantitative estimate of drug-likeness (QED) is 0.635. The molecule has 0 aromatic carbocycles. The molecule has 0 heterocycles. The van der Waals surface area contributed by atoms with Gasteiger partial charge in [0.25, 0.3) is 5.91 Å². The summed E-state index contributed by atoms with van der Waals surface area (Å²) in [6, 6.07) is 0.897. The topological polar surface area (TPSA) is 92.4 Å². The molecule has 0 radical (unpaired) electrons. The molecule has 1 amide bonds. The average molecular weight is 292 g/mol. The summed E-state index contributed by atoms with van der Waals surface area (Å²) in [5, 5.41) is 10.2. The number of rotatable bonds is 1. The van der Waals surface area contributed by atoms with Crippen LogP contribution in [0.1, 0.15) is 51.4 Å². The predicted molar refractivity (Wildman–Crippen MR) is 82.1 cm³/mol. The molecular weight excluding hydrogens is 268 g/mol. The van der Waals surface area contributed by atoms with Crippen molar-refractivity contribution in [2.24, 2.45) is 5.73 Å². The van der Waals surface area contributed by atoms with Gasteiger partial charge in [-0.15, -0.1) is 12.8 Å². The van der Waals surface area contributed by atoms with Gasteiger partial charge in [0.15, 0.2) is 0 Å². The lowest BCUT2D eigenvalue weighted by Gasteiger charge is -2.07. The molecule has 5 heteroatoms. The van der Waals surface area contributed by atoms with Crippen molar-refractivity contribution < 1.29 is 14.7 Å².